The van der Waals surface area contributed by atoms with Crippen LogP contribution < -0.4 is 5.43 Å². The number of hydrogen-bond donors (Lipinski definition) is 1. The first-order chi connectivity index (χ1) is 8.73. The molecule has 1 aliphatic heterocycles. The molecule has 0 spiro atoms. The molecule has 0 saturated carbocycles. The summed E-state index contributed by atoms with van der Waals surface area (Å²) in [6.45, 7) is 12.6. The molecule has 6 nitrogen and oxygen atoms in total. The van der Waals surface area contributed by atoms with Gasteiger partial charge in [-0.15, -0.1) is 0 Å². The number of rotatable bonds is 1. The van der Waals surface area contributed by atoms with E-state index < -0.39 is 0 Å². The molecule has 0 amide bonds. The van der Waals surface area contributed by atoms with Crippen LogP contribution in [0.15, 0.2) is 9.98 Å². The van der Waals surface area contributed by atoms with E-state index in [1.54, 1.807) is 0 Å². The molecule has 0 bridgehead atoms. The van der Waals surface area contributed by atoms with Crippen molar-refractivity contribution in [2.24, 2.45) is 9.98 Å². The zero-order valence-electron chi connectivity index (χ0n) is 14.7. The topological polar surface area (TPSA) is 43.2 Å². The van der Waals surface area contributed by atoms with E-state index in [-0.39, 0.29) is 11.1 Å². The zero-order chi connectivity index (χ0) is 15.9. The van der Waals surface area contributed by atoms with Gasteiger partial charge in [0.05, 0.1) is 25.2 Å². The van der Waals surface area contributed by atoms with Gasteiger partial charge in [0, 0.05) is 14.1 Å². The Balaban J connectivity index is 3.37. The first-order valence-corrected chi connectivity index (χ1v) is 7.03. The first kappa shape index (κ1) is 16.9. The number of guanidine groups is 2. The quantitative estimate of drug-likeness (QED) is 0.745. The monoisotopic (exact) mass is 283 g/mol. The Morgan fingerprint density at radius 3 is 1.75 bits per heavy atom. The van der Waals surface area contributed by atoms with Crippen LogP contribution in [-0.4, -0.2) is 65.8 Å². The van der Waals surface area contributed by atoms with Crippen molar-refractivity contribution in [3.05, 3.63) is 0 Å². The second-order valence-corrected chi connectivity index (χ2v) is 7.91. The molecule has 0 aliphatic carbocycles. The Bertz CT molecular complexity index is 420. The van der Waals surface area contributed by atoms with Crippen molar-refractivity contribution >= 4 is 11.9 Å². The fourth-order valence-corrected chi connectivity index (χ4v) is 1.91. The van der Waals surface area contributed by atoms with Gasteiger partial charge in [-0.1, -0.05) is 0 Å². The van der Waals surface area contributed by atoms with Crippen molar-refractivity contribution in [2.75, 3.05) is 28.2 Å². The molecular weight excluding hydrogens is 252 g/mol. The molecule has 1 saturated heterocycles. The minimum atomic E-state index is -0.145. The molecule has 1 heterocycles. The summed E-state index contributed by atoms with van der Waals surface area (Å²) in [6.07, 6.45) is 0. The van der Waals surface area contributed by atoms with E-state index in [1.807, 2.05) is 24.1 Å². The highest BCUT2D eigenvalue weighted by molar-refractivity contribution is 5.99. The highest BCUT2D eigenvalue weighted by Gasteiger charge is 2.45. The number of nitrogens with one attached hydrogen (secondary N) is 1. The summed E-state index contributed by atoms with van der Waals surface area (Å²) in [5.74, 6) is 1.76. The van der Waals surface area contributed by atoms with Crippen LogP contribution in [0.1, 0.15) is 41.5 Å². The zero-order valence-corrected chi connectivity index (χ0v) is 14.7. The normalized spacial score (nSPS) is 23.9. The predicted molar refractivity (Wildman–Crippen MR) is 85.1 cm³/mol. The van der Waals surface area contributed by atoms with Gasteiger partial charge < -0.3 is 0 Å². The maximum Gasteiger partial charge on any atom is 0.347 e. The number of hydrogen-bond acceptors (Lipinski definition) is 3. The van der Waals surface area contributed by atoms with Gasteiger partial charge in [-0.25, -0.2) is 15.0 Å². The van der Waals surface area contributed by atoms with Gasteiger partial charge in [0.15, 0.2) is 0 Å². The molecule has 6 heteroatoms. The van der Waals surface area contributed by atoms with Crippen molar-refractivity contribution in [2.45, 2.75) is 52.6 Å². The summed E-state index contributed by atoms with van der Waals surface area (Å²) >= 11 is 0. The van der Waals surface area contributed by atoms with Gasteiger partial charge in [-0.2, -0.15) is 15.0 Å². The van der Waals surface area contributed by atoms with Crippen molar-refractivity contribution in [1.82, 2.24) is 15.4 Å². The highest BCUT2D eigenvalue weighted by atomic mass is 15.9. The molecular formula is C14H31N6+. The van der Waals surface area contributed by atoms with Crippen molar-refractivity contribution < 1.29 is 4.59 Å². The minimum absolute atomic E-state index is 0.141. The molecule has 0 atom stereocenters. The van der Waals surface area contributed by atoms with Crippen LogP contribution in [0, 0.1) is 0 Å². The summed E-state index contributed by atoms with van der Waals surface area (Å²) in [5.41, 5.74) is 3.15. The number of aliphatic imine (C=N–C) groups is 2. The van der Waals surface area contributed by atoms with E-state index >= 15 is 0 Å². The summed E-state index contributed by atoms with van der Waals surface area (Å²) in [4.78, 5) is 9.65. The van der Waals surface area contributed by atoms with E-state index in [4.69, 9.17) is 9.98 Å². The third-order valence-corrected chi connectivity index (χ3v) is 2.55. The van der Waals surface area contributed by atoms with Crippen LogP contribution in [0.4, 0.5) is 0 Å². The molecule has 116 valence electrons. The van der Waals surface area contributed by atoms with Crippen molar-refractivity contribution in [3.8, 4) is 0 Å². The van der Waals surface area contributed by atoms with Crippen LogP contribution in [0.3, 0.4) is 0 Å². The molecule has 0 aromatic rings. The molecule has 20 heavy (non-hydrogen) atoms. The Labute approximate surface area is 123 Å². The van der Waals surface area contributed by atoms with E-state index in [0.29, 0.717) is 4.59 Å². The Kier molecular flexibility index (Phi) is 4.23. The third kappa shape index (κ3) is 4.18. The lowest BCUT2D eigenvalue weighted by Gasteiger charge is -2.27. The average molecular weight is 283 g/mol. The van der Waals surface area contributed by atoms with Crippen molar-refractivity contribution in [1.29, 1.82) is 0 Å². The summed E-state index contributed by atoms with van der Waals surface area (Å²) in [5, 5.41) is 4.05. The first-order valence-electron chi connectivity index (χ1n) is 7.03. The van der Waals surface area contributed by atoms with Gasteiger partial charge in [0.2, 0.25) is 0 Å². The van der Waals surface area contributed by atoms with E-state index in [9.17, 15) is 0 Å². The van der Waals surface area contributed by atoms with Crippen LogP contribution >= 0.6 is 0 Å². The second kappa shape index (κ2) is 5.00. The van der Waals surface area contributed by atoms with Crippen LogP contribution in [0.2, 0.25) is 0 Å². The predicted octanol–water partition coefficient (Wildman–Crippen LogP) is 1.67. The van der Waals surface area contributed by atoms with Gasteiger partial charge in [0.25, 0.3) is 5.96 Å². The highest BCUT2D eigenvalue weighted by Crippen LogP contribution is 2.20. The van der Waals surface area contributed by atoms with Gasteiger partial charge in [0.1, 0.15) is 0 Å². The lowest BCUT2D eigenvalue weighted by Crippen LogP contribution is -2.52. The summed E-state index contributed by atoms with van der Waals surface area (Å²) in [6, 6.07) is 0. The molecule has 1 N–H and O–H groups in total. The molecule has 1 aliphatic rings. The molecule has 0 unspecified atom stereocenters. The molecule has 1 rings (SSSR count). The maximum atomic E-state index is 4.87. The van der Waals surface area contributed by atoms with Crippen LogP contribution in [0.25, 0.3) is 0 Å². The minimum Gasteiger partial charge on any atom is -0.242 e. The molecule has 0 aromatic heterocycles. The maximum absolute atomic E-state index is 4.87. The SMILES string of the molecule is CN(C)N1C(=NC(C)(C)C)N[N+](C)(C)C1=NC(C)(C)C. The Morgan fingerprint density at radius 2 is 1.40 bits per heavy atom. The largest absolute Gasteiger partial charge is 0.347 e. The third-order valence-electron chi connectivity index (χ3n) is 2.55. The van der Waals surface area contributed by atoms with E-state index in [2.05, 4.69) is 61.1 Å². The Hall–Kier alpha value is -1.14. The molecule has 0 aromatic carbocycles. The summed E-state index contributed by atoms with van der Waals surface area (Å²) < 4.78 is 0.477. The van der Waals surface area contributed by atoms with Gasteiger partial charge >= 0.3 is 5.96 Å². The smallest absolute Gasteiger partial charge is 0.242 e. The van der Waals surface area contributed by atoms with Gasteiger partial charge in [-0.05, 0) is 41.5 Å². The fourth-order valence-electron chi connectivity index (χ4n) is 1.91. The molecule has 0 radical (unpaired) electrons. The fraction of sp³-hybridized carbons (Fsp3) is 0.857. The Morgan fingerprint density at radius 1 is 0.950 bits per heavy atom. The number of hydrazine groups is 1. The van der Waals surface area contributed by atoms with Crippen LogP contribution in [0.5, 0.6) is 0 Å². The number of quaternary nitrogens is 1. The standard InChI is InChI=1S/C14H31N6/c1-13(2,3)15-11-17-20(9,10)12(16-14(4,5)6)19(11)18(7)8/h1-10H3,(H,15,17)/q+1. The summed E-state index contributed by atoms with van der Waals surface area (Å²) in [7, 11) is 8.16. The number of nitrogens with zero attached hydrogens (tertiary/aromatic N) is 5. The molecule has 1 fully saturated rings. The van der Waals surface area contributed by atoms with E-state index in [0.717, 1.165) is 11.9 Å². The van der Waals surface area contributed by atoms with Crippen molar-refractivity contribution in [3.63, 3.8) is 0 Å². The lowest BCUT2D eigenvalue weighted by atomic mass is 10.1. The average Bonchev–Trinajstić information content (AvgIpc) is 2.31. The van der Waals surface area contributed by atoms with Crippen LogP contribution in [-0.2, 0) is 0 Å². The van der Waals surface area contributed by atoms with E-state index in [1.165, 1.54) is 0 Å². The van der Waals surface area contributed by atoms with Gasteiger partial charge in [-0.3, -0.25) is 0 Å². The lowest BCUT2D eigenvalue weighted by molar-refractivity contribution is -0.833. The second-order valence-electron chi connectivity index (χ2n) is 7.91.